The highest BCUT2D eigenvalue weighted by Gasteiger charge is 2.16. The molecule has 1 aromatic heterocycles. The van der Waals surface area contributed by atoms with Crippen molar-refractivity contribution in [2.24, 2.45) is 0 Å². The van der Waals surface area contributed by atoms with Gasteiger partial charge in [0.05, 0.1) is 0 Å². The van der Waals surface area contributed by atoms with Crippen LogP contribution in [0.4, 0.5) is 0 Å². The van der Waals surface area contributed by atoms with Crippen molar-refractivity contribution in [1.29, 1.82) is 0 Å². The first-order chi connectivity index (χ1) is 7.72. The quantitative estimate of drug-likeness (QED) is 0.724. The van der Waals surface area contributed by atoms with Gasteiger partial charge in [0.15, 0.2) is 6.54 Å². The lowest BCUT2D eigenvalue weighted by atomic mass is 10.1. The third-order valence-corrected chi connectivity index (χ3v) is 2.27. The minimum atomic E-state index is -0.995. The fraction of sp³-hybridized carbons (Fsp3) is 0.182. The van der Waals surface area contributed by atoms with Gasteiger partial charge in [-0.2, -0.15) is 0 Å². The van der Waals surface area contributed by atoms with Crippen molar-refractivity contribution in [1.82, 2.24) is 5.10 Å². The molecule has 0 radical (unpaired) electrons. The number of benzene rings is 1. The maximum atomic E-state index is 11.1. The van der Waals surface area contributed by atoms with Gasteiger partial charge in [0.1, 0.15) is 17.7 Å². The number of aromatic nitrogens is 2. The molecule has 0 atom stereocenters. The molecule has 0 saturated carbocycles. The fourth-order valence-electron chi connectivity index (χ4n) is 1.56. The van der Waals surface area contributed by atoms with Crippen LogP contribution < -0.4 is 4.68 Å². The summed E-state index contributed by atoms with van der Waals surface area (Å²) in [6.45, 7) is 0.209. The maximum absolute atomic E-state index is 11.1. The maximum Gasteiger partial charge on any atom is 0.342 e. The van der Waals surface area contributed by atoms with Crippen molar-refractivity contribution < 1.29 is 19.7 Å². The third-order valence-electron chi connectivity index (χ3n) is 2.27. The predicted molar refractivity (Wildman–Crippen MR) is 56.0 cm³/mol. The Morgan fingerprint density at radius 2 is 2.12 bits per heavy atom. The molecule has 5 heteroatoms. The molecule has 0 bridgehead atoms. The number of rotatable bonds is 3. The summed E-state index contributed by atoms with van der Waals surface area (Å²) in [6, 6.07) is 7.03. The first-order valence-electron chi connectivity index (χ1n) is 4.86. The summed E-state index contributed by atoms with van der Waals surface area (Å²) in [5.74, 6) is -0.995. The highest BCUT2D eigenvalue weighted by atomic mass is 16.4. The van der Waals surface area contributed by atoms with Crippen LogP contribution in [0, 0.1) is 0 Å². The zero-order valence-electron chi connectivity index (χ0n) is 8.50. The van der Waals surface area contributed by atoms with Crippen LogP contribution in [0.3, 0.4) is 0 Å². The molecule has 82 valence electrons. The highest BCUT2D eigenvalue weighted by Crippen LogP contribution is 2.13. The van der Waals surface area contributed by atoms with Gasteiger partial charge in [0.25, 0.3) is 0 Å². The Kier molecular flexibility index (Phi) is 2.78. The van der Waals surface area contributed by atoms with E-state index in [0.29, 0.717) is 10.9 Å². The lowest BCUT2D eigenvalue weighted by molar-refractivity contribution is -0.752. The number of aliphatic hydroxyl groups excluding tert-OH is 1. The Labute approximate surface area is 91.6 Å². The Balaban J connectivity index is 2.68. The number of hydrogen-bond acceptors (Lipinski definition) is 3. The van der Waals surface area contributed by atoms with Crippen molar-refractivity contribution in [2.75, 3.05) is 6.61 Å². The van der Waals surface area contributed by atoms with E-state index in [-0.39, 0.29) is 18.7 Å². The second-order valence-electron chi connectivity index (χ2n) is 3.35. The van der Waals surface area contributed by atoms with Crippen LogP contribution in [0.15, 0.2) is 30.5 Å². The number of aromatic carboxylic acids is 1. The lowest BCUT2D eigenvalue weighted by Gasteiger charge is -1.99. The second-order valence-corrected chi connectivity index (χ2v) is 3.35. The smallest absolute Gasteiger partial charge is 0.342 e. The summed E-state index contributed by atoms with van der Waals surface area (Å²) in [7, 11) is 0. The van der Waals surface area contributed by atoms with Gasteiger partial charge in [-0.3, -0.25) is 0 Å². The Morgan fingerprint density at radius 1 is 1.38 bits per heavy atom. The average Bonchev–Trinajstić information content (AvgIpc) is 2.28. The van der Waals surface area contributed by atoms with Gasteiger partial charge in [0.2, 0.25) is 6.20 Å². The second kappa shape index (κ2) is 4.24. The van der Waals surface area contributed by atoms with Crippen molar-refractivity contribution in [3.63, 3.8) is 0 Å². The molecule has 0 unspecified atom stereocenters. The molecule has 0 amide bonds. The molecule has 16 heavy (non-hydrogen) atoms. The number of fused-ring (bicyclic) bond motifs is 1. The van der Waals surface area contributed by atoms with Gasteiger partial charge in [-0.05, 0) is 6.07 Å². The van der Waals surface area contributed by atoms with Gasteiger partial charge in [-0.25, -0.2) is 4.79 Å². The van der Waals surface area contributed by atoms with E-state index in [0.717, 1.165) is 0 Å². The van der Waals surface area contributed by atoms with Gasteiger partial charge >= 0.3 is 5.97 Å². The molecule has 1 aromatic carbocycles. The molecular formula is C11H11N2O3+. The monoisotopic (exact) mass is 219 g/mol. The number of nitrogens with zero attached hydrogens (tertiary/aromatic N) is 2. The molecule has 0 fully saturated rings. The highest BCUT2D eigenvalue weighted by molar-refractivity contribution is 6.01. The van der Waals surface area contributed by atoms with E-state index >= 15 is 0 Å². The van der Waals surface area contributed by atoms with Crippen LogP contribution in [-0.4, -0.2) is 27.9 Å². The summed E-state index contributed by atoms with van der Waals surface area (Å²) in [6.07, 6.45) is 1.43. The molecule has 2 aromatic rings. The third kappa shape index (κ3) is 1.85. The number of carbonyl (C=O) groups is 1. The van der Waals surface area contributed by atoms with E-state index in [9.17, 15) is 4.79 Å². The minimum Gasteiger partial charge on any atom is -0.477 e. The van der Waals surface area contributed by atoms with Crippen molar-refractivity contribution in [3.05, 3.63) is 36.0 Å². The zero-order chi connectivity index (χ0) is 11.5. The summed E-state index contributed by atoms with van der Waals surface area (Å²) >= 11 is 0. The van der Waals surface area contributed by atoms with Gasteiger partial charge < -0.3 is 10.2 Å². The summed E-state index contributed by atoms with van der Waals surface area (Å²) in [5, 5.41) is 22.7. The van der Waals surface area contributed by atoms with Crippen LogP contribution in [0.1, 0.15) is 10.4 Å². The van der Waals surface area contributed by atoms with E-state index in [2.05, 4.69) is 5.10 Å². The lowest BCUT2D eigenvalue weighted by Crippen LogP contribution is -2.40. The van der Waals surface area contributed by atoms with E-state index < -0.39 is 5.97 Å². The molecule has 0 saturated heterocycles. The SMILES string of the molecule is O=C(O)c1c[n+](CCO)nc2ccccc12. The largest absolute Gasteiger partial charge is 0.477 e. The standard InChI is InChI=1S/C11H10N2O3/c14-6-5-13-7-9(11(15)16)8-3-1-2-4-10(8)12-13/h1-4,7,14H,5-6H2/p+1. The van der Waals surface area contributed by atoms with Crippen LogP contribution in [0.5, 0.6) is 0 Å². The Bertz CT molecular complexity index is 540. The topological polar surface area (TPSA) is 74.3 Å². The number of carboxylic acids is 1. The van der Waals surface area contributed by atoms with Gasteiger partial charge in [-0.15, -0.1) is 0 Å². The van der Waals surface area contributed by atoms with Gasteiger partial charge in [-0.1, -0.05) is 22.9 Å². The molecule has 0 spiro atoms. The number of hydrogen-bond donors (Lipinski definition) is 2. The molecule has 2 N–H and O–H groups in total. The molecule has 5 nitrogen and oxygen atoms in total. The molecule has 0 aliphatic rings. The first kappa shape index (κ1) is 10.5. The van der Waals surface area contributed by atoms with E-state index in [1.807, 2.05) is 0 Å². The average molecular weight is 219 g/mol. The van der Waals surface area contributed by atoms with Crippen LogP contribution >= 0.6 is 0 Å². The molecular weight excluding hydrogens is 208 g/mol. The summed E-state index contributed by atoms with van der Waals surface area (Å²) in [5.41, 5.74) is 0.801. The molecule has 0 aliphatic carbocycles. The van der Waals surface area contributed by atoms with Gasteiger partial charge in [0, 0.05) is 10.5 Å². The van der Waals surface area contributed by atoms with E-state index in [4.69, 9.17) is 10.2 Å². The Hall–Kier alpha value is -2.01. The number of aliphatic hydroxyl groups is 1. The summed E-state index contributed by atoms with van der Waals surface area (Å²) in [4.78, 5) is 11.1. The first-order valence-corrected chi connectivity index (χ1v) is 4.86. The predicted octanol–water partition coefficient (Wildman–Crippen LogP) is 0.213. The minimum absolute atomic E-state index is 0.0743. The molecule has 2 rings (SSSR count). The normalized spacial score (nSPS) is 10.6. The van der Waals surface area contributed by atoms with E-state index in [1.165, 1.54) is 10.9 Å². The Morgan fingerprint density at radius 3 is 2.81 bits per heavy atom. The van der Waals surface area contributed by atoms with Crippen LogP contribution in [0.2, 0.25) is 0 Å². The van der Waals surface area contributed by atoms with E-state index in [1.54, 1.807) is 24.3 Å². The van der Waals surface area contributed by atoms with Crippen molar-refractivity contribution >= 4 is 16.9 Å². The van der Waals surface area contributed by atoms with Crippen LogP contribution in [0.25, 0.3) is 10.9 Å². The molecule has 1 heterocycles. The van der Waals surface area contributed by atoms with Crippen LogP contribution in [-0.2, 0) is 6.54 Å². The fourth-order valence-corrected chi connectivity index (χ4v) is 1.56. The summed E-state index contributed by atoms with van der Waals surface area (Å²) < 4.78 is 1.44. The zero-order valence-corrected chi connectivity index (χ0v) is 8.50. The van der Waals surface area contributed by atoms with Crippen molar-refractivity contribution in [3.8, 4) is 0 Å². The van der Waals surface area contributed by atoms with Crippen molar-refractivity contribution in [2.45, 2.75) is 6.54 Å². The molecule has 0 aliphatic heterocycles. The number of carboxylic acid groups (broad SMARTS) is 1.